The van der Waals surface area contributed by atoms with Crippen molar-refractivity contribution in [3.63, 3.8) is 0 Å². The van der Waals surface area contributed by atoms with Gasteiger partial charge < -0.3 is 14.6 Å². The monoisotopic (exact) mass is 259 g/mol. The third-order valence-corrected chi connectivity index (χ3v) is 3.60. The van der Waals surface area contributed by atoms with E-state index in [9.17, 15) is 0 Å². The Kier molecular flexibility index (Phi) is 2.97. The molecule has 3 rings (SSSR count). The van der Waals surface area contributed by atoms with Gasteiger partial charge in [0, 0.05) is 31.7 Å². The highest BCUT2D eigenvalue weighted by Gasteiger charge is 2.22. The van der Waals surface area contributed by atoms with E-state index in [1.165, 1.54) is 5.56 Å². The average Bonchev–Trinajstić information content (AvgIpc) is 2.82. The number of rotatable bonds is 1. The van der Waals surface area contributed by atoms with Crippen LogP contribution in [0.3, 0.4) is 0 Å². The van der Waals surface area contributed by atoms with Gasteiger partial charge in [-0.15, -0.1) is 0 Å². The van der Waals surface area contributed by atoms with Gasteiger partial charge >= 0.3 is 0 Å². The molecule has 4 nitrogen and oxygen atoms in total. The summed E-state index contributed by atoms with van der Waals surface area (Å²) >= 11 is 0. The van der Waals surface area contributed by atoms with E-state index >= 15 is 0 Å². The maximum atomic E-state index is 6.05. The second-order valence-corrected chi connectivity index (χ2v) is 6.14. The smallest absolute Gasteiger partial charge is 0.298 e. The molecule has 1 fully saturated rings. The maximum absolute atomic E-state index is 6.05. The van der Waals surface area contributed by atoms with Crippen LogP contribution in [0, 0.1) is 0 Å². The fourth-order valence-electron chi connectivity index (χ4n) is 2.52. The Bertz CT molecular complexity index is 577. The summed E-state index contributed by atoms with van der Waals surface area (Å²) in [6.45, 7) is 10.5. The SMILES string of the molecule is CC(C)(C)c1cccc2nc(N3CCNCC3)oc12. The quantitative estimate of drug-likeness (QED) is 0.854. The van der Waals surface area contributed by atoms with Crippen LogP contribution in [0.4, 0.5) is 6.01 Å². The van der Waals surface area contributed by atoms with Crippen molar-refractivity contribution in [1.82, 2.24) is 10.3 Å². The highest BCUT2D eigenvalue weighted by atomic mass is 16.4. The lowest BCUT2D eigenvalue weighted by Crippen LogP contribution is -2.43. The Morgan fingerprint density at radius 2 is 1.95 bits per heavy atom. The predicted molar refractivity (Wildman–Crippen MR) is 77.8 cm³/mol. The first-order valence-corrected chi connectivity index (χ1v) is 6.91. The molecule has 0 atom stereocenters. The summed E-state index contributed by atoms with van der Waals surface area (Å²) < 4.78 is 6.05. The minimum Gasteiger partial charge on any atom is -0.423 e. The van der Waals surface area contributed by atoms with Crippen molar-refractivity contribution in [3.8, 4) is 0 Å². The first kappa shape index (κ1) is 12.5. The lowest BCUT2D eigenvalue weighted by atomic mass is 9.86. The molecule has 4 heteroatoms. The maximum Gasteiger partial charge on any atom is 0.298 e. The lowest BCUT2D eigenvalue weighted by molar-refractivity contribution is 0.509. The highest BCUT2D eigenvalue weighted by Crippen LogP contribution is 2.32. The minimum absolute atomic E-state index is 0.0692. The molecular formula is C15H21N3O. The molecule has 102 valence electrons. The van der Waals surface area contributed by atoms with E-state index in [0.29, 0.717) is 0 Å². The van der Waals surface area contributed by atoms with Crippen molar-refractivity contribution in [2.24, 2.45) is 0 Å². The molecule has 2 aromatic rings. The number of fused-ring (bicyclic) bond motifs is 1. The summed E-state index contributed by atoms with van der Waals surface area (Å²) in [4.78, 5) is 6.85. The van der Waals surface area contributed by atoms with Crippen LogP contribution in [0.25, 0.3) is 11.1 Å². The van der Waals surface area contributed by atoms with E-state index in [1.54, 1.807) is 0 Å². The Labute approximate surface area is 113 Å². The summed E-state index contributed by atoms with van der Waals surface area (Å²) in [5.41, 5.74) is 3.18. The minimum atomic E-state index is 0.0692. The first-order valence-electron chi connectivity index (χ1n) is 6.91. The molecule has 0 amide bonds. The van der Waals surface area contributed by atoms with E-state index in [2.05, 4.69) is 48.1 Å². The summed E-state index contributed by atoms with van der Waals surface area (Å²) in [5.74, 6) is 0. The molecule has 0 spiro atoms. The van der Waals surface area contributed by atoms with E-state index in [-0.39, 0.29) is 5.41 Å². The molecular weight excluding hydrogens is 238 g/mol. The van der Waals surface area contributed by atoms with Crippen LogP contribution < -0.4 is 10.2 Å². The van der Waals surface area contributed by atoms with E-state index in [1.807, 2.05) is 6.07 Å². The van der Waals surface area contributed by atoms with Gasteiger partial charge in [-0.05, 0) is 11.5 Å². The first-order chi connectivity index (χ1) is 9.05. The van der Waals surface area contributed by atoms with Crippen molar-refractivity contribution in [1.29, 1.82) is 0 Å². The van der Waals surface area contributed by atoms with Gasteiger partial charge in [-0.1, -0.05) is 32.9 Å². The van der Waals surface area contributed by atoms with E-state index in [4.69, 9.17) is 4.42 Å². The van der Waals surface area contributed by atoms with E-state index in [0.717, 1.165) is 43.3 Å². The van der Waals surface area contributed by atoms with Gasteiger partial charge in [-0.2, -0.15) is 4.98 Å². The van der Waals surface area contributed by atoms with Crippen molar-refractivity contribution < 1.29 is 4.42 Å². The number of hydrogen-bond acceptors (Lipinski definition) is 4. The average molecular weight is 259 g/mol. The molecule has 0 radical (unpaired) electrons. The van der Waals surface area contributed by atoms with Crippen molar-refractivity contribution in [2.75, 3.05) is 31.1 Å². The molecule has 1 aromatic carbocycles. The second-order valence-electron chi connectivity index (χ2n) is 6.14. The summed E-state index contributed by atoms with van der Waals surface area (Å²) in [6.07, 6.45) is 0. The van der Waals surface area contributed by atoms with Gasteiger partial charge in [0.25, 0.3) is 6.01 Å². The molecule has 19 heavy (non-hydrogen) atoms. The largest absolute Gasteiger partial charge is 0.423 e. The second kappa shape index (κ2) is 4.53. The molecule has 1 aromatic heterocycles. The Morgan fingerprint density at radius 3 is 2.63 bits per heavy atom. The Balaban J connectivity index is 2.05. The topological polar surface area (TPSA) is 41.3 Å². The molecule has 1 aliphatic rings. The Hall–Kier alpha value is -1.55. The molecule has 0 bridgehead atoms. The number of hydrogen-bond donors (Lipinski definition) is 1. The van der Waals surface area contributed by atoms with E-state index < -0.39 is 0 Å². The Morgan fingerprint density at radius 1 is 1.21 bits per heavy atom. The van der Waals surface area contributed by atoms with Crippen molar-refractivity contribution in [3.05, 3.63) is 23.8 Å². The number of oxazole rings is 1. The van der Waals surface area contributed by atoms with Crippen LogP contribution in [0.2, 0.25) is 0 Å². The van der Waals surface area contributed by atoms with Crippen LogP contribution >= 0.6 is 0 Å². The van der Waals surface area contributed by atoms with Crippen LogP contribution in [0.1, 0.15) is 26.3 Å². The summed E-state index contributed by atoms with van der Waals surface area (Å²) in [6, 6.07) is 6.98. The number of anilines is 1. The molecule has 1 aliphatic heterocycles. The van der Waals surface area contributed by atoms with Gasteiger partial charge in [0.2, 0.25) is 0 Å². The third-order valence-electron chi connectivity index (χ3n) is 3.60. The van der Waals surface area contributed by atoms with Crippen LogP contribution in [0.15, 0.2) is 22.6 Å². The zero-order chi connectivity index (χ0) is 13.5. The molecule has 0 aliphatic carbocycles. The molecule has 1 N–H and O–H groups in total. The number of nitrogens with zero attached hydrogens (tertiary/aromatic N) is 2. The summed E-state index contributed by atoms with van der Waals surface area (Å²) in [5, 5.41) is 3.34. The van der Waals surface area contributed by atoms with Crippen molar-refractivity contribution >= 4 is 17.1 Å². The number of aromatic nitrogens is 1. The van der Waals surface area contributed by atoms with Gasteiger partial charge in [-0.25, -0.2) is 0 Å². The van der Waals surface area contributed by atoms with Crippen LogP contribution in [-0.4, -0.2) is 31.2 Å². The number of para-hydroxylation sites is 1. The lowest BCUT2D eigenvalue weighted by Gasteiger charge is -2.25. The normalized spacial score (nSPS) is 17.1. The van der Waals surface area contributed by atoms with Crippen molar-refractivity contribution in [2.45, 2.75) is 26.2 Å². The zero-order valence-corrected chi connectivity index (χ0v) is 11.9. The fraction of sp³-hybridized carbons (Fsp3) is 0.533. The number of benzene rings is 1. The fourth-order valence-corrected chi connectivity index (χ4v) is 2.52. The van der Waals surface area contributed by atoms with Gasteiger partial charge in [0.05, 0.1) is 0 Å². The third kappa shape index (κ3) is 2.32. The molecule has 0 saturated carbocycles. The number of piperazine rings is 1. The zero-order valence-electron chi connectivity index (χ0n) is 11.9. The predicted octanol–water partition coefficient (Wildman–Crippen LogP) is 2.53. The summed E-state index contributed by atoms with van der Waals surface area (Å²) in [7, 11) is 0. The van der Waals surface area contributed by atoms with Crippen LogP contribution in [-0.2, 0) is 5.41 Å². The number of nitrogens with one attached hydrogen (secondary N) is 1. The molecule has 0 unspecified atom stereocenters. The molecule has 2 heterocycles. The van der Waals surface area contributed by atoms with Gasteiger partial charge in [-0.3, -0.25) is 0 Å². The highest BCUT2D eigenvalue weighted by molar-refractivity contribution is 5.79. The van der Waals surface area contributed by atoms with Gasteiger partial charge in [0.1, 0.15) is 5.52 Å². The molecule has 1 saturated heterocycles. The standard InChI is InChI=1S/C15H21N3O/c1-15(2,3)11-5-4-6-12-13(11)19-14(17-12)18-9-7-16-8-10-18/h4-6,16H,7-10H2,1-3H3. The van der Waals surface area contributed by atoms with Gasteiger partial charge in [0.15, 0.2) is 5.58 Å². The van der Waals surface area contributed by atoms with Crippen LogP contribution in [0.5, 0.6) is 0 Å².